The van der Waals surface area contributed by atoms with Crippen LogP contribution in [0.15, 0.2) is 27.6 Å². The van der Waals surface area contributed by atoms with Gasteiger partial charge in [0.25, 0.3) is 0 Å². The summed E-state index contributed by atoms with van der Waals surface area (Å²) in [7, 11) is 0. The number of aromatic amines is 1. The van der Waals surface area contributed by atoms with Gasteiger partial charge in [0.2, 0.25) is 0 Å². The SMILES string of the molecule is O=c1cc[nH]c2c(F)cc(Br)c(F)c12. The van der Waals surface area contributed by atoms with Crippen LogP contribution >= 0.6 is 15.9 Å². The first kappa shape index (κ1) is 9.33. The van der Waals surface area contributed by atoms with Gasteiger partial charge in [-0.15, -0.1) is 0 Å². The molecule has 0 atom stereocenters. The Kier molecular flexibility index (Phi) is 2.11. The van der Waals surface area contributed by atoms with Crippen molar-refractivity contribution in [3.05, 3.63) is 44.7 Å². The zero-order chi connectivity index (χ0) is 10.3. The fourth-order valence-corrected chi connectivity index (χ4v) is 1.65. The lowest BCUT2D eigenvalue weighted by Crippen LogP contribution is -2.04. The first-order chi connectivity index (χ1) is 6.61. The van der Waals surface area contributed by atoms with Crippen LogP contribution in [0, 0.1) is 11.6 Å². The minimum atomic E-state index is -0.747. The van der Waals surface area contributed by atoms with Crippen molar-refractivity contribution in [2.45, 2.75) is 0 Å². The monoisotopic (exact) mass is 259 g/mol. The van der Waals surface area contributed by atoms with Crippen molar-refractivity contribution < 1.29 is 8.78 Å². The summed E-state index contributed by atoms with van der Waals surface area (Å²) >= 11 is 2.83. The molecule has 0 aliphatic carbocycles. The van der Waals surface area contributed by atoms with E-state index in [-0.39, 0.29) is 15.4 Å². The molecule has 14 heavy (non-hydrogen) atoms. The van der Waals surface area contributed by atoms with Crippen LogP contribution in [0.25, 0.3) is 10.9 Å². The Morgan fingerprint density at radius 2 is 2.07 bits per heavy atom. The normalized spacial score (nSPS) is 10.8. The molecule has 1 aromatic heterocycles. The second kappa shape index (κ2) is 3.16. The zero-order valence-corrected chi connectivity index (χ0v) is 8.36. The maximum atomic E-state index is 13.4. The molecule has 0 amide bonds. The number of fused-ring (bicyclic) bond motifs is 1. The van der Waals surface area contributed by atoms with Crippen LogP contribution in [0.5, 0.6) is 0 Å². The third-order valence-corrected chi connectivity index (χ3v) is 2.46. The first-order valence-corrected chi connectivity index (χ1v) is 4.55. The number of nitrogens with one attached hydrogen (secondary N) is 1. The van der Waals surface area contributed by atoms with Gasteiger partial charge in [-0.1, -0.05) is 0 Å². The van der Waals surface area contributed by atoms with Crippen LogP contribution in [0.1, 0.15) is 0 Å². The Morgan fingerprint density at radius 3 is 2.79 bits per heavy atom. The maximum absolute atomic E-state index is 13.4. The lowest BCUT2D eigenvalue weighted by molar-refractivity contribution is 0.609. The molecule has 1 aromatic carbocycles. The molecular formula is C9H4BrF2NO. The highest BCUT2D eigenvalue weighted by molar-refractivity contribution is 9.10. The third kappa shape index (κ3) is 1.24. The molecule has 0 spiro atoms. The summed E-state index contributed by atoms with van der Waals surface area (Å²) < 4.78 is 26.6. The first-order valence-electron chi connectivity index (χ1n) is 3.76. The van der Waals surface area contributed by atoms with Crippen molar-refractivity contribution in [1.82, 2.24) is 4.98 Å². The van der Waals surface area contributed by atoms with Crippen molar-refractivity contribution in [2.24, 2.45) is 0 Å². The molecule has 0 saturated heterocycles. The molecule has 2 rings (SSSR count). The van der Waals surface area contributed by atoms with Crippen molar-refractivity contribution in [3.8, 4) is 0 Å². The second-order valence-electron chi connectivity index (χ2n) is 2.75. The highest BCUT2D eigenvalue weighted by Gasteiger charge is 2.12. The number of H-pyrrole nitrogens is 1. The third-order valence-electron chi connectivity index (χ3n) is 1.88. The van der Waals surface area contributed by atoms with E-state index in [2.05, 4.69) is 20.9 Å². The van der Waals surface area contributed by atoms with Gasteiger partial charge in [-0.3, -0.25) is 4.79 Å². The van der Waals surface area contributed by atoms with Crippen LogP contribution in [0.4, 0.5) is 8.78 Å². The van der Waals surface area contributed by atoms with Gasteiger partial charge in [-0.05, 0) is 22.0 Å². The van der Waals surface area contributed by atoms with E-state index in [0.717, 1.165) is 12.1 Å². The minimum absolute atomic E-state index is 0.0563. The molecule has 0 aliphatic rings. The lowest BCUT2D eigenvalue weighted by Gasteiger charge is -2.01. The van der Waals surface area contributed by atoms with Crippen molar-refractivity contribution in [2.75, 3.05) is 0 Å². The Morgan fingerprint density at radius 1 is 1.36 bits per heavy atom. The molecule has 1 heterocycles. The number of halogens is 3. The second-order valence-corrected chi connectivity index (χ2v) is 3.60. The van der Waals surface area contributed by atoms with Gasteiger partial charge in [0.15, 0.2) is 11.2 Å². The number of pyridine rings is 1. The fraction of sp³-hybridized carbons (Fsp3) is 0. The lowest BCUT2D eigenvalue weighted by atomic mass is 10.2. The summed E-state index contributed by atoms with van der Waals surface area (Å²) in [6.07, 6.45) is 1.28. The Labute approximate surface area is 85.7 Å². The fourth-order valence-electron chi connectivity index (χ4n) is 1.25. The molecule has 0 fully saturated rings. The summed E-state index contributed by atoms with van der Waals surface area (Å²) in [6, 6.07) is 2.13. The summed E-state index contributed by atoms with van der Waals surface area (Å²) in [6.45, 7) is 0. The van der Waals surface area contributed by atoms with E-state index in [0.29, 0.717) is 0 Å². The van der Waals surface area contributed by atoms with Gasteiger partial charge < -0.3 is 4.98 Å². The highest BCUT2D eigenvalue weighted by atomic mass is 79.9. The van der Waals surface area contributed by atoms with E-state index in [1.807, 2.05) is 0 Å². The molecule has 0 saturated carbocycles. The summed E-state index contributed by atoms with van der Waals surface area (Å²) in [5.41, 5.74) is -0.658. The predicted octanol–water partition coefficient (Wildman–Crippen LogP) is 2.57. The highest BCUT2D eigenvalue weighted by Crippen LogP contribution is 2.23. The summed E-state index contributed by atoms with van der Waals surface area (Å²) in [4.78, 5) is 13.7. The molecule has 1 N–H and O–H groups in total. The number of benzene rings is 1. The molecule has 2 nitrogen and oxygen atoms in total. The van der Waals surface area contributed by atoms with Gasteiger partial charge in [-0.2, -0.15) is 0 Å². The quantitative estimate of drug-likeness (QED) is 0.725. The van der Waals surface area contributed by atoms with Crippen molar-refractivity contribution in [3.63, 3.8) is 0 Å². The predicted molar refractivity (Wildman–Crippen MR) is 52.2 cm³/mol. The standard InChI is InChI=1S/C9H4BrF2NO/c10-4-3-5(11)9-7(8(4)12)6(14)1-2-13-9/h1-3H,(H,13,14). The van der Waals surface area contributed by atoms with Gasteiger partial charge in [0.1, 0.15) is 5.82 Å². The number of hydrogen-bond acceptors (Lipinski definition) is 1. The van der Waals surface area contributed by atoms with E-state index in [1.165, 1.54) is 6.20 Å². The zero-order valence-electron chi connectivity index (χ0n) is 6.77. The molecular weight excluding hydrogens is 256 g/mol. The molecule has 5 heteroatoms. The van der Waals surface area contributed by atoms with E-state index in [9.17, 15) is 13.6 Å². The van der Waals surface area contributed by atoms with Crippen LogP contribution in [0.3, 0.4) is 0 Å². The number of aromatic nitrogens is 1. The molecule has 0 radical (unpaired) electrons. The number of rotatable bonds is 0. The molecule has 0 bridgehead atoms. The summed E-state index contributed by atoms with van der Waals surface area (Å²) in [5, 5.41) is -0.264. The van der Waals surface area contributed by atoms with E-state index < -0.39 is 17.1 Å². The maximum Gasteiger partial charge on any atom is 0.192 e. The Hall–Kier alpha value is -1.23. The van der Waals surface area contributed by atoms with Crippen LogP contribution in [0.2, 0.25) is 0 Å². The largest absolute Gasteiger partial charge is 0.358 e. The van der Waals surface area contributed by atoms with Crippen LogP contribution < -0.4 is 5.43 Å². The average molecular weight is 260 g/mol. The van der Waals surface area contributed by atoms with Gasteiger partial charge in [-0.25, -0.2) is 8.78 Å². The van der Waals surface area contributed by atoms with Crippen LogP contribution in [-0.2, 0) is 0 Å². The molecule has 0 unspecified atom stereocenters. The van der Waals surface area contributed by atoms with Gasteiger partial charge in [0.05, 0.1) is 15.4 Å². The Balaban J connectivity index is 3.11. The van der Waals surface area contributed by atoms with Crippen molar-refractivity contribution in [1.29, 1.82) is 0 Å². The Bertz CT molecular complexity index is 564. The molecule has 72 valence electrons. The van der Waals surface area contributed by atoms with Gasteiger partial charge >= 0.3 is 0 Å². The number of hydrogen-bond donors (Lipinski definition) is 1. The minimum Gasteiger partial charge on any atom is -0.358 e. The topological polar surface area (TPSA) is 32.9 Å². The van der Waals surface area contributed by atoms with E-state index in [1.54, 1.807) is 0 Å². The van der Waals surface area contributed by atoms with Gasteiger partial charge in [0, 0.05) is 12.3 Å². The average Bonchev–Trinajstić information content (AvgIpc) is 2.14. The van der Waals surface area contributed by atoms with Crippen molar-refractivity contribution >= 4 is 26.8 Å². The molecule has 2 aromatic rings. The summed E-state index contributed by atoms with van der Waals surface area (Å²) in [5.74, 6) is -1.41. The smallest absolute Gasteiger partial charge is 0.192 e. The van der Waals surface area contributed by atoms with Crippen LogP contribution in [-0.4, -0.2) is 4.98 Å². The van der Waals surface area contributed by atoms with E-state index >= 15 is 0 Å². The molecule has 0 aliphatic heterocycles. The van der Waals surface area contributed by atoms with E-state index in [4.69, 9.17) is 0 Å².